The Bertz CT molecular complexity index is 328. The van der Waals surface area contributed by atoms with Gasteiger partial charge in [-0.15, -0.1) is 0 Å². The van der Waals surface area contributed by atoms with E-state index < -0.39 is 0 Å². The average Bonchev–Trinajstić information content (AvgIpc) is 2.97. The van der Waals surface area contributed by atoms with Crippen LogP contribution in [0.15, 0.2) is 42.5 Å². The van der Waals surface area contributed by atoms with Crippen LogP contribution in [0, 0.1) is 5.92 Å². The minimum Gasteiger partial charge on any atom is -0.324 e. The lowest BCUT2D eigenvalue weighted by Crippen LogP contribution is -2.23. The molecule has 3 unspecified atom stereocenters. The van der Waals surface area contributed by atoms with Crippen molar-refractivity contribution >= 4 is 0 Å². The Morgan fingerprint density at radius 1 is 1.43 bits per heavy atom. The SMILES string of the molecule is C=C(C)C(N)C1CC1c1ccccc1. The van der Waals surface area contributed by atoms with Crippen molar-refractivity contribution in [2.45, 2.75) is 25.3 Å². The second kappa shape index (κ2) is 3.58. The minimum atomic E-state index is 0.181. The van der Waals surface area contributed by atoms with Gasteiger partial charge in [0.25, 0.3) is 0 Å². The van der Waals surface area contributed by atoms with Gasteiger partial charge in [-0.05, 0) is 30.7 Å². The number of nitrogens with two attached hydrogens (primary N) is 1. The van der Waals surface area contributed by atoms with E-state index in [1.54, 1.807) is 0 Å². The quantitative estimate of drug-likeness (QED) is 0.723. The molecule has 1 aromatic rings. The van der Waals surface area contributed by atoms with Gasteiger partial charge >= 0.3 is 0 Å². The van der Waals surface area contributed by atoms with E-state index in [1.165, 1.54) is 12.0 Å². The molecule has 1 aromatic carbocycles. The molecule has 0 bridgehead atoms. The molecule has 0 saturated heterocycles. The molecule has 0 aliphatic heterocycles. The molecule has 0 amide bonds. The van der Waals surface area contributed by atoms with Crippen LogP contribution in [0.1, 0.15) is 24.8 Å². The Labute approximate surface area is 85.6 Å². The Hall–Kier alpha value is -1.08. The van der Waals surface area contributed by atoms with E-state index in [-0.39, 0.29) is 6.04 Å². The lowest BCUT2D eigenvalue weighted by Gasteiger charge is -2.10. The molecule has 3 atom stereocenters. The molecule has 0 heterocycles. The summed E-state index contributed by atoms with van der Waals surface area (Å²) in [5.74, 6) is 1.29. The second-order valence-corrected chi connectivity index (χ2v) is 4.29. The van der Waals surface area contributed by atoms with Gasteiger partial charge in [0.15, 0.2) is 0 Å². The number of hydrogen-bond acceptors (Lipinski definition) is 1. The zero-order valence-corrected chi connectivity index (χ0v) is 8.61. The van der Waals surface area contributed by atoms with E-state index >= 15 is 0 Å². The number of rotatable bonds is 3. The van der Waals surface area contributed by atoms with Gasteiger partial charge in [-0.25, -0.2) is 0 Å². The highest BCUT2D eigenvalue weighted by Gasteiger charge is 2.42. The van der Waals surface area contributed by atoms with E-state index in [9.17, 15) is 0 Å². The van der Waals surface area contributed by atoms with Crippen LogP contribution in [-0.2, 0) is 0 Å². The molecule has 2 rings (SSSR count). The van der Waals surface area contributed by atoms with Crippen molar-refractivity contribution in [3.63, 3.8) is 0 Å². The smallest absolute Gasteiger partial charge is 0.0283 e. The van der Waals surface area contributed by atoms with Gasteiger partial charge in [0, 0.05) is 6.04 Å². The summed E-state index contributed by atoms with van der Waals surface area (Å²) < 4.78 is 0. The van der Waals surface area contributed by atoms with Gasteiger partial charge in [0.2, 0.25) is 0 Å². The molecule has 1 nitrogen and oxygen atoms in total. The van der Waals surface area contributed by atoms with Crippen LogP contribution in [0.4, 0.5) is 0 Å². The van der Waals surface area contributed by atoms with Crippen molar-refractivity contribution in [1.82, 2.24) is 0 Å². The van der Waals surface area contributed by atoms with Gasteiger partial charge in [0.1, 0.15) is 0 Å². The minimum absolute atomic E-state index is 0.181. The fraction of sp³-hybridized carbons (Fsp3) is 0.385. The highest BCUT2D eigenvalue weighted by atomic mass is 14.7. The van der Waals surface area contributed by atoms with Gasteiger partial charge < -0.3 is 5.73 Å². The molecule has 1 aliphatic rings. The Morgan fingerprint density at radius 2 is 2.07 bits per heavy atom. The molecule has 1 saturated carbocycles. The summed E-state index contributed by atoms with van der Waals surface area (Å²) >= 11 is 0. The van der Waals surface area contributed by atoms with E-state index in [2.05, 4.69) is 36.9 Å². The molecular weight excluding hydrogens is 170 g/mol. The van der Waals surface area contributed by atoms with Crippen molar-refractivity contribution < 1.29 is 0 Å². The van der Waals surface area contributed by atoms with Crippen LogP contribution in [0.5, 0.6) is 0 Å². The molecule has 0 radical (unpaired) electrons. The van der Waals surface area contributed by atoms with Crippen molar-refractivity contribution in [1.29, 1.82) is 0 Å². The molecule has 1 heteroatoms. The van der Waals surface area contributed by atoms with Crippen molar-refractivity contribution in [2.24, 2.45) is 11.7 Å². The summed E-state index contributed by atoms with van der Waals surface area (Å²) in [6.07, 6.45) is 1.22. The first-order valence-corrected chi connectivity index (χ1v) is 5.16. The fourth-order valence-corrected chi connectivity index (χ4v) is 2.06. The molecule has 2 N–H and O–H groups in total. The monoisotopic (exact) mass is 187 g/mol. The van der Waals surface area contributed by atoms with Crippen molar-refractivity contribution in [3.05, 3.63) is 48.0 Å². The maximum Gasteiger partial charge on any atom is 0.0283 e. The second-order valence-electron chi connectivity index (χ2n) is 4.29. The van der Waals surface area contributed by atoms with Crippen LogP contribution >= 0.6 is 0 Å². The van der Waals surface area contributed by atoms with Crippen LogP contribution < -0.4 is 5.73 Å². The molecule has 1 fully saturated rings. The van der Waals surface area contributed by atoms with Crippen LogP contribution in [-0.4, -0.2) is 6.04 Å². The predicted octanol–water partition coefficient (Wildman–Crippen LogP) is 2.69. The first kappa shape index (κ1) is 9.47. The first-order chi connectivity index (χ1) is 6.70. The maximum atomic E-state index is 6.05. The molecule has 0 aromatic heterocycles. The summed E-state index contributed by atoms with van der Waals surface area (Å²) in [7, 11) is 0. The van der Waals surface area contributed by atoms with E-state index in [4.69, 9.17) is 5.73 Å². The van der Waals surface area contributed by atoms with Gasteiger partial charge in [-0.3, -0.25) is 0 Å². The van der Waals surface area contributed by atoms with Crippen LogP contribution in [0.3, 0.4) is 0 Å². The third-order valence-electron chi connectivity index (χ3n) is 3.10. The Balaban J connectivity index is 2.03. The van der Waals surface area contributed by atoms with E-state index in [0.29, 0.717) is 11.8 Å². The Kier molecular flexibility index (Phi) is 2.42. The van der Waals surface area contributed by atoms with Crippen LogP contribution in [0.2, 0.25) is 0 Å². The summed E-state index contributed by atoms with van der Waals surface area (Å²) in [6, 6.07) is 10.8. The van der Waals surface area contributed by atoms with Crippen molar-refractivity contribution in [3.8, 4) is 0 Å². The number of hydrogen-bond donors (Lipinski definition) is 1. The topological polar surface area (TPSA) is 26.0 Å². The normalized spacial score (nSPS) is 27.0. The standard InChI is InChI=1S/C13H17N/c1-9(2)13(14)12-8-11(12)10-6-4-3-5-7-10/h3-7,11-13H,1,8,14H2,2H3. The van der Waals surface area contributed by atoms with Crippen molar-refractivity contribution in [2.75, 3.05) is 0 Å². The van der Waals surface area contributed by atoms with Gasteiger partial charge in [-0.1, -0.05) is 42.5 Å². The summed E-state index contributed by atoms with van der Waals surface area (Å²) in [5.41, 5.74) is 8.58. The zero-order valence-electron chi connectivity index (χ0n) is 8.61. The largest absolute Gasteiger partial charge is 0.324 e. The lowest BCUT2D eigenvalue weighted by molar-refractivity contribution is 0.657. The maximum absolute atomic E-state index is 6.05. The molecule has 74 valence electrons. The Morgan fingerprint density at radius 3 is 2.64 bits per heavy atom. The first-order valence-electron chi connectivity index (χ1n) is 5.16. The van der Waals surface area contributed by atoms with E-state index in [0.717, 1.165) is 5.57 Å². The predicted molar refractivity (Wildman–Crippen MR) is 60.1 cm³/mol. The number of benzene rings is 1. The summed E-state index contributed by atoms with van der Waals surface area (Å²) in [6.45, 7) is 5.94. The van der Waals surface area contributed by atoms with Gasteiger partial charge in [-0.2, -0.15) is 0 Å². The molecular formula is C13H17N. The van der Waals surface area contributed by atoms with E-state index in [1.807, 2.05) is 6.92 Å². The summed E-state index contributed by atoms with van der Waals surface area (Å²) in [4.78, 5) is 0. The third-order valence-corrected chi connectivity index (χ3v) is 3.10. The molecule has 14 heavy (non-hydrogen) atoms. The average molecular weight is 187 g/mol. The summed E-state index contributed by atoms with van der Waals surface area (Å²) in [5, 5.41) is 0. The third kappa shape index (κ3) is 1.73. The van der Waals surface area contributed by atoms with Gasteiger partial charge in [0.05, 0.1) is 0 Å². The fourth-order valence-electron chi connectivity index (χ4n) is 2.06. The highest BCUT2D eigenvalue weighted by Crippen LogP contribution is 2.49. The molecule has 1 aliphatic carbocycles. The van der Waals surface area contributed by atoms with Crippen LogP contribution in [0.25, 0.3) is 0 Å². The highest BCUT2D eigenvalue weighted by molar-refractivity contribution is 5.28. The zero-order chi connectivity index (χ0) is 10.1. The lowest BCUT2D eigenvalue weighted by atomic mass is 10.0. The molecule has 0 spiro atoms.